The minimum absolute atomic E-state index is 0.701. The summed E-state index contributed by atoms with van der Waals surface area (Å²) in [6.45, 7) is 0. The van der Waals surface area contributed by atoms with E-state index in [0.717, 1.165) is 0 Å². The van der Waals surface area contributed by atoms with Gasteiger partial charge in [-0.15, -0.1) is 0 Å². The van der Waals surface area contributed by atoms with E-state index in [4.69, 9.17) is 0 Å². The summed E-state index contributed by atoms with van der Waals surface area (Å²) in [7, 11) is 0. The summed E-state index contributed by atoms with van der Waals surface area (Å²) in [5, 5.41) is 8.70. The molecule has 6 aromatic carbocycles. The molecule has 0 atom stereocenters. The minimum atomic E-state index is 0.701. The van der Waals surface area contributed by atoms with Gasteiger partial charge in [-0.25, -0.2) is 0 Å². The largest absolute Gasteiger partial charge is 0.0617 e. The summed E-state index contributed by atoms with van der Waals surface area (Å²) < 4.78 is 0. The van der Waals surface area contributed by atoms with Crippen LogP contribution in [0.3, 0.4) is 0 Å². The topological polar surface area (TPSA) is 0 Å². The van der Waals surface area contributed by atoms with Crippen molar-refractivity contribution in [2.45, 2.75) is 126 Å². The molecule has 0 amide bonds. The Hall–Kier alpha value is -3.64. The molecule has 0 unspecified atom stereocenters. The van der Waals surface area contributed by atoms with Crippen LogP contribution < -0.4 is 0 Å². The molecule has 242 valence electrons. The average Bonchev–Trinajstić information content (AvgIpc) is 3.99. The Bertz CT molecular complexity index is 1880. The van der Waals surface area contributed by atoms with Crippen LogP contribution in [0.5, 0.6) is 0 Å². The van der Waals surface area contributed by atoms with Crippen molar-refractivity contribution >= 4 is 32.3 Å². The Morgan fingerprint density at radius 1 is 0.312 bits per heavy atom. The van der Waals surface area contributed by atoms with Gasteiger partial charge in [-0.05, 0) is 152 Å². The Morgan fingerprint density at radius 2 is 0.604 bits per heavy atom. The first-order valence-electron chi connectivity index (χ1n) is 19.8. The second-order valence-electron chi connectivity index (χ2n) is 16.2. The van der Waals surface area contributed by atoms with Gasteiger partial charge in [-0.1, -0.05) is 136 Å². The highest BCUT2D eigenvalue weighted by molar-refractivity contribution is 6.27. The molecule has 0 saturated heterocycles. The molecule has 0 radical (unpaired) electrons. The molecule has 6 aromatic rings. The van der Waals surface area contributed by atoms with Crippen molar-refractivity contribution in [3.05, 3.63) is 107 Å². The van der Waals surface area contributed by atoms with Gasteiger partial charge >= 0.3 is 0 Å². The fourth-order valence-corrected chi connectivity index (χ4v) is 11.3. The summed E-state index contributed by atoms with van der Waals surface area (Å²) in [6, 6.07) is 34.6. The number of benzene rings is 6. The van der Waals surface area contributed by atoms with Gasteiger partial charge in [0.05, 0.1) is 0 Å². The molecule has 4 aliphatic carbocycles. The molecule has 0 aromatic heterocycles. The van der Waals surface area contributed by atoms with E-state index in [1.165, 1.54) is 146 Å². The maximum atomic E-state index is 2.50. The minimum Gasteiger partial charge on any atom is -0.0617 e. The molecule has 0 nitrogen and oxygen atoms in total. The molecule has 0 heteroatoms. The van der Waals surface area contributed by atoms with Gasteiger partial charge < -0.3 is 0 Å². The molecule has 4 fully saturated rings. The number of rotatable bonds is 6. The lowest BCUT2D eigenvalue weighted by Gasteiger charge is -2.26. The zero-order chi connectivity index (χ0) is 31.6. The standard InChI is InChI=1S/C48H50/c1-2-12-31(11-1)37-19-9-20-38(32-13-3-4-14-32)47(37)43-29-25-35-24-28-42-44(30-26-36-23-27-41(43)45(35)46(36)42)48-39(33-15-5-6-16-33)21-10-22-40(48)34-17-7-8-18-34/h9-10,19-34H,1-8,11-18H2. The van der Waals surface area contributed by atoms with Gasteiger partial charge in [0, 0.05) is 0 Å². The summed E-state index contributed by atoms with van der Waals surface area (Å²) >= 11 is 0. The first-order chi connectivity index (χ1) is 23.8. The van der Waals surface area contributed by atoms with Crippen LogP contribution in [0.1, 0.15) is 149 Å². The molecule has 0 spiro atoms. The van der Waals surface area contributed by atoms with E-state index < -0.39 is 0 Å². The zero-order valence-electron chi connectivity index (χ0n) is 28.7. The van der Waals surface area contributed by atoms with Crippen molar-refractivity contribution in [2.24, 2.45) is 0 Å². The van der Waals surface area contributed by atoms with Crippen LogP contribution in [0.2, 0.25) is 0 Å². The van der Waals surface area contributed by atoms with Crippen LogP contribution in [-0.4, -0.2) is 0 Å². The van der Waals surface area contributed by atoms with Crippen molar-refractivity contribution < 1.29 is 0 Å². The molecule has 0 N–H and O–H groups in total. The Morgan fingerprint density at radius 3 is 0.917 bits per heavy atom. The normalized spacial score (nSPS) is 20.1. The summed E-state index contributed by atoms with van der Waals surface area (Å²) in [6.07, 6.45) is 21.8. The van der Waals surface area contributed by atoms with E-state index in [0.29, 0.717) is 23.7 Å². The predicted molar refractivity (Wildman–Crippen MR) is 206 cm³/mol. The van der Waals surface area contributed by atoms with Crippen LogP contribution in [-0.2, 0) is 0 Å². The van der Waals surface area contributed by atoms with Gasteiger partial charge in [0.15, 0.2) is 0 Å². The quantitative estimate of drug-likeness (QED) is 0.161. The monoisotopic (exact) mass is 626 g/mol. The van der Waals surface area contributed by atoms with E-state index in [-0.39, 0.29) is 0 Å². The van der Waals surface area contributed by atoms with Gasteiger partial charge in [0.1, 0.15) is 0 Å². The molecule has 0 bridgehead atoms. The van der Waals surface area contributed by atoms with Gasteiger partial charge in [-0.2, -0.15) is 0 Å². The van der Waals surface area contributed by atoms with Gasteiger partial charge in [0.2, 0.25) is 0 Å². The average molecular weight is 627 g/mol. The Balaban J connectivity index is 1.24. The highest BCUT2D eigenvalue weighted by Gasteiger charge is 2.30. The first kappa shape index (κ1) is 29.3. The maximum Gasteiger partial charge on any atom is -0.00203 e. The van der Waals surface area contributed by atoms with Gasteiger partial charge in [-0.3, -0.25) is 0 Å². The molecule has 48 heavy (non-hydrogen) atoms. The van der Waals surface area contributed by atoms with Crippen LogP contribution in [0.15, 0.2) is 84.9 Å². The van der Waals surface area contributed by atoms with E-state index >= 15 is 0 Å². The number of hydrogen-bond donors (Lipinski definition) is 0. The summed E-state index contributed by atoms with van der Waals surface area (Å²) in [5.41, 5.74) is 12.7. The second kappa shape index (κ2) is 12.0. The van der Waals surface area contributed by atoms with E-state index in [9.17, 15) is 0 Å². The lowest BCUT2D eigenvalue weighted by atomic mass is 9.78. The van der Waals surface area contributed by atoms with Crippen LogP contribution in [0, 0.1) is 0 Å². The Labute approximate surface area is 287 Å². The van der Waals surface area contributed by atoms with Crippen LogP contribution in [0.25, 0.3) is 54.6 Å². The molecular formula is C48H50. The lowest BCUT2D eigenvalue weighted by molar-refractivity contribution is 0.704. The lowest BCUT2D eigenvalue weighted by Crippen LogP contribution is -2.04. The third-order valence-corrected chi connectivity index (χ3v) is 13.6. The van der Waals surface area contributed by atoms with Crippen molar-refractivity contribution in [1.82, 2.24) is 0 Å². The van der Waals surface area contributed by atoms with Crippen molar-refractivity contribution in [3.8, 4) is 22.3 Å². The predicted octanol–water partition coefficient (Wildman–Crippen LogP) is 14.5. The van der Waals surface area contributed by atoms with E-state index in [2.05, 4.69) is 84.9 Å². The molecule has 0 aliphatic heterocycles. The van der Waals surface area contributed by atoms with Crippen molar-refractivity contribution in [2.75, 3.05) is 0 Å². The zero-order valence-corrected chi connectivity index (χ0v) is 28.7. The summed E-state index contributed by atoms with van der Waals surface area (Å²) in [5.74, 6) is 2.81. The molecule has 4 aliphatic rings. The molecule has 4 saturated carbocycles. The molecular weight excluding hydrogens is 577 g/mol. The molecule has 0 heterocycles. The highest BCUT2D eigenvalue weighted by atomic mass is 14.3. The second-order valence-corrected chi connectivity index (χ2v) is 16.2. The third-order valence-electron chi connectivity index (χ3n) is 13.6. The van der Waals surface area contributed by atoms with E-state index in [1.807, 2.05) is 0 Å². The fraction of sp³-hybridized carbons (Fsp3) is 0.417. The smallest absolute Gasteiger partial charge is 0.00203 e. The first-order valence-corrected chi connectivity index (χ1v) is 19.8. The highest BCUT2D eigenvalue weighted by Crippen LogP contribution is 2.51. The van der Waals surface area contributed by atoms with E-state index in [1.54, 1.807) is 33.4 Å². The SMILES string of the molecule is c1cc(C2CCCC2)c(-c2ccc3ccc4c(-c5c(C6CCCC6)cccc5C5CCCC5)ccc5ccc2c3c54)c(C2CCCC2)c1. The Kier molecular flexibility index (Phi) is 7.35. The van der Waals surface area contributed by atoms with Gasteiger partial charge in [0.25, 0.3) is 0 Å². The maximum absolute atomic E-state index is 2.50. The van der Waals surface area contributed by atoms with Crippen molar-refractivity contribution in [3.63, 3.8) is 0 Å². The van der Waals surface area contributed by atoms with Crippen molar-refractivity contribution in [1.29, 1.82) is 0 Å². The molecule has 10 rings (SSSR count). The fourth-order valence-electron chi connectivity index (χ4n) is 11.3. The number of hydrogen-bond acceptors (Lipinski definition) is 0. The van der Waals surface area contributed by atoms with Crippen LogP contribution in [0.4, 0.5) is 0 Å². The third kappa shape index (κ3) is 4.69. The summed E-state index contributed by atoms with van der Waals surface area (Å²) in [4.78, 5) is 0. The van der Waals surface area contributed by atoms with Crippen LogP contribution >= 0.6 is 0 Å².